The normalized spacial score (nSPS) is 12.9. The summed E-state index contributed by atoms with van der Waals surface area (Å²) in [5.41, 5.74) is 10.2. The maximum atomic E-state index is 13.1. The molecule has 324 valence electrons. The topological polar surface area (TPSA) is 131 Å². The summed E-state index contributed by atoms with van der Waals surface area (Å²) in [4.78, 5) is 64.4. The Bertz CT molecular complexity index is 2690. The van der Waals surface area contributed by atoms with E-state index in [1.165, 1.54) is 5.56 Å². The molecule has 0 saturated carbocycles. The number of hydrogen-bond acceptors (Lipinski definition) is 10. The van der Waals surface area contributed by atoms with Gasteiger partial charge in [0.15, 0.2) is 23.1 Å². The number of aromatic nitrogens is 5. The highest BCUT2D eigenvalue weighted by atomic mass is 16.2. The van der Waals surface area contributed by atoms with Crippen molar-refractivity contribution < 1.29 is 19.2 Å². The number of ketones is 4. The minimum Gasteiger partial charge on any atom is -0.304 e. The Morgan fingerprint density at radius 3 is 1.42 bits per heavy atom. The third kappa shape index (κ3) is 13.2. The Kier molecular flexibility index (Phi) is 15.3. The van der Waals surface area contributed by atoms with Gasteiger partial charge in [0, 0.05) is 62.4 Å². The molecule has 11 nitrogen and oxygen atoms in total. The van der Waals surface area contributed by atoms with Crippen molar-refractivity contribution in [2.24, 2.45) is 0 Å². The van der Waals surface area contributed by atoms with E-state index in [9.17, 15) is 19.2 Å². The zero-order valence-electron chi connectivity index (χ0n) is 36.7. The van der Waals surface area contributed by atoms with Gasteiger partial charge in [-0.15, -0.1) is 5.10 Å². The molecular weight excluding hydrogens is 799 g/mol. The molecule has 64 heavy (non-hydrogen) atoms. The summed E-state index contributed by atoms with van der Waals surface area (Å²) in [6.45, 7) is 9.24. The fraction of sp³-hybridized carbons (Fsp3) is 0.245. The lowest BCUT2D eigenvalue weighted by Crippen LogP contribution is -2.43. The van der Waals surface area contributed by atoms with E-state index in [1.807, 2.05) is 86.6 Å². The average molecular weight is 852 g/mol. The van der Waals surface area contributed by atoms with Crippen molar-refractivity contribution in [1.29, 1.82) is 0 Å². The number of nitrogens with zero attached hydrogens (tertiary/aromatic N) is 7. The molecule has 8 rings (SSSR count). The van der Waals surface area contributed by atoms with E-state index in [0.717, 1.165) is 78.1 Å². The molecule has 0 bridgehead atoms. The summed E-state index contributed by atoms with van der Waals surface area (Å²) in [5.74, 6) is -0.890. The van der Waals surface area contributed by atoms with E-state index in [-0.39, 0.29) is 36.0 Å². The summed E-state index contributed by atoms with van der Waals surface area (Å²) in [6, 6.07) is 39.3. The molecule has 0 unspecified atom stereocenters. The van der Waals surface area contributed by atoms with E-state index < -0.39 is 0 Å². The zero-order valence-corrected chi connectivity index (χ0v) is 36.7. The fourth-order valence-corrected chi connectivity index (χ4v) is 7.72. The van der Waals surface area contributed by atoms with Crippen LogP contribution in [-0.4, -0.2) is 91.1 Å². The third-order valence-corrected chi connectivity index (χ3v) is 11.1. The largest absolute Gasteiger partial charge is 0.304 e. The predicted molar refractivity (Wildman–Crippen MR) is 248 cm³/mol. The van der Waals surface area contributed by atoms with Crippen molar-refractivity contribution in [2.75, 3.05) is 33.2 Å². The van der Waals surface area contributed by atoms with Gasteiger partial charge in [-0.05, 0) is 127 Å². The Hall–Kier alpha value is -7.08. The molecular formula is C53H53N7O4. The number of carbonyl (C=O) groups is 4. The highest BCUT2D eigenvalue weighted by Crippen LogP contribution is 2.21. The number of rotatable bonds is 16. The molecule has 1 fully saturated rings. The number of Topliss-reactive ketones (excluding diaryl/α,β-unsaturated/α-hetero) is 4. The first kappa shape index (κ1) is 45.0. The minimum absolute atomic E-state index is 0.155. The Labute approximate surface area is 374 Å². The standard InChI is InChI=1S/C28H31N3O2.C25H22N4O2/c1-21-8-9-29-26(14-21)28(33)19-27(32)25-17-23(15-22-6-4-3-5-7-22)16-24(18-25)20-31-12-10-30(2)11-13-31;1-18-7-8-26-23(11-18)25(31)16-24(30)22-14-20(12-19-5-3-2-4-6-19)13-21(15-22)17-29-10-9-27-28-29/h3-9,14,16-18H,10-13,15,19-20H2,1-2H3;2-11,13-15H,12,16-17H2,1H3. The van der Waals surface area contributed by atoms with Gasteiger partial charge in [0.1, 0.15) is 11.4 Å². The Balaban J connectivity index is 0.000000192. The van der Waals surface area contributed by atoms with Crippen LogP contribution in [0.15, 0.2) is 146 Å². The van der Waals surface area contributed by atoms with Crippen LogP contribution >= 0.6 is 0 Å². The van der Waals surface area contributed by atoms with Gasteiger partial charge >= 0.3 is 0 Å². The van der Waals surface area contributed by atoms with Gasteiger partial charge in [0.25, 0.3) is 0 Å². The van der Waals surface area contributed by atoms with Crippen LogP contribution in [0.3, 0.4) is 0 Å². The van der Waals surface area contributed by atoms with E-state index in [1.54, 1.807) is 41.6 Å². The summed E-state index contributed by atoms with van der Waals surface area (Å²) >= 11 is 0. The molecule has 0 spiro atoms. The first-order chi connectivity index (χ1) is 31.0. The van der Waals surface area contributed by atoms with Crippen molar-refractivity contribution in [2.45, 2.75) is 52.6 Å². The van der Waals surface area contributed by atoms with Gasteiger partial charge in [-0.1, -0.05) is 78.0 Å². The second-order valence-electron chi connectivity index (χ2n) is 16.6. The summed E-state index contributed by atoms with van der Waals surface area (Å²) in [6.07, 6.45) is 7.66. The molecule has 4 aromatic carbocycles. The van der Waals surface area contributed by atoms with Gasteiger partial charge in [-0.2, -0.15) is 0 Å². The molecule has 0 N–H and O–H groups in total. The van der Waals surface area contributed by atoms with Gasteiger partial charge in [0.2, 0.25) is 0 Å². The molecule has 1 aliphatic heterocycles. The van der Waals surface area contributed by atoms with E-state index in [2.05, 4.69) is 73.5 Å². The highest BCUT2D eigenvalue weighted by Gasteiger charge is 2.20. The van der Waals surface area contributed by atoms with Gasteiger partial charge in [0.05, 0.1) is 25.6 Å². The second-order valence-corrected chi connectivity index (χ2v) is 16.6. The lowest BCUT2D eigenvalue weighted by molar-refractivity contribution is 0.0875. The first-order valence-electron chi connectivity index (χ1n) is 21.6. The fourth-order valence-electron chi connectivity index (χ4n) is 7.72. The van der Waals surface area contributed by atoms with Crippen molar-refractivity contribution in [3.63, 3.8) is 0 Å². The van der Waals surface area contributed by atoms with Crippen LogP contribution in [0.1, 0.15) is 99.0 Å². The van der Waals surface area contributed by atoms with Crippen LogP contribution in [0.5, 0.6) is 0 Å². The van der Waals surface area contributed by atoms with Crippen LogP contribution in [0.2, 0.25) is 0 Å². The molecule has 3 aromatic heterocycles. The zero-order chi connectivity index (χ0) is 44.8. The number of likely N-dealkylation sites (N-methyl/N-ethyl adjacent to an activating group) is 1. The first-order valence-corrected chi connectivity index (χ1v) is 21.6. The van der Waals surface area contributed by atoms with Crippen LogP contribution in [0, 0.1) is 13.8 Å². The van der Waals surface area contributed by atoms with Crippen LogP contribution < -0.4 is 0 Å². The van der Waals surface area contributed by atoms with E-state index in [4.69, 9.17) is 0 Å². The quantitative estimate of drug-likeness (QED) is 0.0692. The lowest BCUT2D eigenvalue weighted by atomic mass is 9.95. The number of carbonyl (C=O) groups excluding carboxylic acids is 4. The SMILES string of the molecule is Cc1ccnc(C(=O)CC(=O)c2cc(Cc3ccccc3)cc(CN3CCN(C)CC3)c2)c1.Cc1ccnc(C(=O)CC(=O)c2cc(Cc3ccccc3)cc(Cn3ccnn3)c2)c1. The van der Waals surface area contributed by atoms with E-state index in [0.29, 0.717) is 35.5 Å². The maximum absolute atomic E-state index is 13.1. The number of aryl methyl sites for hydroxylation is 2. The van der Waals surface area contributed by atoms with Crippen molar-refractivity contribution >= 4 is 23.1 Å². The van der Waals surface area contributed by atoms with Gasteiger partial charge in [-0.25, -0.2) is 4.68 Å². The monoisotopic (exact) mass is 851 g/mol. The maximum Gasteiger partial charge on any atom is 0.188 e. The van der Waals surface area contributed by atoms with Crippen molar-refractivity contribution in [1.82, 2.24) is 34.8 Å². The number of hydrogen-bond donors (Lipinski definition) is 0. The molecule has 11 heteroatoms. The second kappa shape index (κ2) is 21.8. The van der Waals surface area contributed by atoms with Crippen LogP contribution in [0.4, 0.5) is 0 Å². The minimum atomic E-state index is -0.278. The Morgan fingerprint density at radius 2 is 0.969 bits per heavy atom. The summed E-state index contributed by atoms with van der Waals surface area (Å²) in [7, 11) is 2.15. The Morgan fingerprint density at radius 1 is 0.500 bits per heavy atom. The summed E-state index contributed by atoms with van der Waals surface area (Å²) < 4.78 is 1.71. The molecule has 0 aliphatic carbocycles. The third-order valence-electron chi connectivity index (χ3n) is 11.1. The molecule has 0 amide bonds. The molecule has 1 saturated heterocycles. The molecule has 0 radical (unpaired) electrons. The smallest absolute Gasteiger partial charge is 0.188 e. The van der Waals surface area contributed by atoms with Crippen molar-refractivity contribution in [3.8, 4) is 0 Å². The summed E-state index contributed by atoms with van der Waals surface area (Å²) in [5, 5.41) is 7.86. The molecule has 0 atom stereocenters. The molecule has 1 aliphatic rings. The average Bonchev–Trinajstić information content (AvgIpc) is 3.81. The van der Waals surface area contributed by atoms with Crippen LogP contribution in [-0.2, 0) is 25.9 Å². The number of pyridine rings is 2. The number of benzene rings is 4. The molecule has 4 heterocycles. The highest BCUT2D eigenvalue weighted by molar-refractivity contribution is 6.13. The predicted octanol–water partition coefficient (Wildman–Crippen LogP) is 8.26. The van der Waals surface area contributed by atoms with E-state index >= 15 is 0 Å². The van der Waals surface area contributed by atoms with Crippen molar-refractivity contribution in [3.05, 3.63) is 213 Å². The molecule has 7 aromatic rings. The van der Waals surface area contributed by atoms with Crippen LogP contribution in [0.25, 0.3) is 0 Å². The van der Waals surface area contributed by atoms with Gasteiger partial charge < -0.3 is 4.90 Å². The number of piperazine rings is 1. The van der Waals surface area contributed by atoms with Gasteiger partial charge in [-0.3, -0.25) is 34.0 Å². The lowest BCUT2D eigenvalue weighted by Gasteiger charge is -2.32.